The number of benzene rings is 2. The van der Waals surface area contributed by atoms with E-state index in [4.69, 9.17) is 14.2 Å². The minimum absolute atomic E-state index is 0.0120. The molecule has 1 aliphatic heterocycles. The van der Waals surface area contributed by atoms with Crippen LogP contribution in [0.5, 0.6) is 11.5 Å². The molecule has 0 spiro atoms. The van der Waals surface area contributed by atoms with Crippen molar-refractivity contribution in [1.29, 1.82) is 0 Å². The Morgan fingerprint density at radius 2 is 1.93 bits per heavy atom. The molecule has 2 amide bonds. The van der Waals surface area contributed by atoms with Crippen molar-refractivity contribution in [3.05, 3.63) is 59.2 Å². The van der Waals surface area contributed by atoms with Crippen LogP contribution in [-0.2, 0) is 27.4 Å². The lowest BCUT2D eigenvalue weighted by atomic mass is 10.1. The van der Waals surface area contributed by atoms with Crippen LogP contribution in [0.2, 0.25) is 0 Å². The van der Waals surface area contributed by atoms with E-state index in [9.17, 15) is 9.59 Å². The largest absolute Gasteiger partial charge is 0.497 e. The number of amides is 2. The molecule has 0 saturated carbocycles. The molecule has 1 saturated heterocycles. The molecule has 1 aliphatic rings. The summed E-state index contributed by atoms with van der Waals surface area (Å²) >= 11 is 0. The van der Waals surface area contributed by atoms with Gasteiger partial charge in [-0.1, -0.05) is 29.8 Å². The molecule has 1 fully saturated rings. The molecule has 1 heterocycles. The van der Waals surface area contributed by atoms with Crippen LogP contribution >= 0.6 is 0 Å². The van der Waals surface area contributed by atoms with Crippen molar-refractivity contribution in [2.45, 2.75) is 26.1 Å². The lowest BCUT2D eigenvalue weighted by Gasteiger charge is -2.34. The summed E-state index contributed by atoms with van der Waals surface area (Å²) in [6.45, 7) is 2.81. The number of carbonyl (C=O) groups is 2. The Balaban J connectivity index is 1.69. The summed E-state index contributed by atoms with van der Waals surface area (Å²) in [4.78, 5) is 26.8. The fraction of sp³-hybridized carbons (Fsp3) is 0.364. The standard InChI is InChI=1S/C22H26N2O5/c1-15-4-6-16(7-5-15)12-24-19(13-29-14-21(24)25)22(26)23-11-17-8-9-18(27-2)10-20(17)28-3/h4-10,19H,11-14H2,1-3H3,(H,23,26)/t19-/m0/s1. The molecule has 0 aliphatic carbocycles. The van der Waals surface area contributed by atoms with Crippen molar-refractivity contribution >= 4 is 11.8 Å². The van der Waals surface area contributed by atoms with E-state index in [-0.39, 0.29) is 31.6 Å². The first kappa shape index (κ1) is 20.7. The number of carbonyl (C=O) groups excluding carboxylic acids is 2. The molecule has 7 nitrogen and oxygen atoms in total. The molecule has 2 aromatic carbocycles. The summed E-state index contributed by atoms with van der Waals surface area (Å²) in [5, 5.41) is 2.89. The highest BCUT2D eigenvalue weighted by Crippen LogP contribution is 2.24. The number of morpholine rings is 1. The van der Waals surface area contributed by atoms with Gasteiger partial charge in [0.1, 0.15) is 24.1 Å². The summed E-state index contributed by atoms with van der Waals surface area (Å²) in [6.07, 6.45) is 0. The summed E-state index contributed by atoms with van der Waals surface area (Å²) in [5.41, 5.74) is 2.93. The number of hydrogen-bond acceptors (Lipinski definition) is 5. The molecule has 0 unspecified atom stereocenters. The molecule has 0 aromatic heterocycles. The third kappa shape index (κ3) is 5.06. The third-order valence-electron chi connectivity index (χ3n) is 4.92. The van der Waals surface area contributed by atoms with E-state index in [1.807, 2.05) is 37.3 Å². The van der Waals surface area contributed by atoms with E-state index in [1.54, 1.807) is 31.3 Å². The number of nitrogens with zero attached hydrogens (tertiary/aromatic N) is 1. The zero-order valence-corrected chi connectivity index (χ0v) is 16.9. The van der Waals surface area contributed by atoms with Gasteiger partial charge in [-0.3, -0.25) is 9.59 Å². The highest BCUT2D eigenvalue weighted by molar-refractivity contribution is 5.89. The second-order valence-electron chi connectivity index (χ2n) is 6.93. The minimum atomic E-state index is -0.679. The number of aryl methyl sites for hydroxylation is 1. The van der Waals surface area contributed by atoms with Gasteiger partial charge < -0.3 is 24.4 Å². The Labute approximate surface area is 170 Å². The summed E-state index contributed by atoms with van der Waals surface area (Å²) in [6, 6.07) is 12.6. The molecule has 7 heteroatoms. The Bertz CT molecular complexity index is 866. The van der Waals surface area contributed by atoms with E-state index >= 15 is 0 Å². The monoisotopic (exact) mass is 398 g/mol. The fourth-order valence-corrected chi connectivity index (χ4v) is 3.21. The van der Waals surface area contributed by atoms with Gasteiger partial charge in [-0.15, -0.1) is 0 Å². The normalized spacial score (nSPS) is 16.4. The van der Waals surface area contributed by atoms with Crippen LogP contribution < -0.4 is 14.8 Å². The lowest BCUT2D eigenvalue weighted by molar-refractivity contribution is -0.155. The maximum absolute atomic E-state index is 12.8. The van der Waals surface area contributed by atoms with Gasteiger partial charge in [-0.25, -0.2) is 0 Å². The molecule has 2 aromatic rings. The van der Waals surface area contributed by atoms with Gasteiger partial charge in [-0.05, 0) is 24.6 Å². The van der Waals surface area contributed by atoms with Crippen LogP contribution in [0.25, 0.3) is 0 Å². The van der Waals surface area contributed by atoms with Gasteiger partial charge in [0.05, 0.1) is 20.8 Å². The smallest absolute Gasteiger partial charge is 0.249 e. The van der Waals surface area contributed by atoms with Crippen molar-refractivity contribution in [3.63, 3.8) is 0 Å². The number of hydrogen-bond donors (Lipinski definition) is 1. The van der Waals surface area contributed by atoms with Gasteiger partial charge in [0.2, 0.25) is 11.8 Å². The Morgan fingerprint density at radius 3 is 2.62 bits per heavy atom. The fourth-order valence-electron chi connectivity index (χ4n) is 3.21. The first-order valence-electron chi connectivity index (χ1n) is 9.43. The van der Waals surface area contributed by atoms with Crippen LogP contribution in [0.3, 0.4) is 0 Å². The quantitative estimate of drug-likeness (QED) is 0.773. The van der Waals surface area contributed by atoms with Crippen LogP contribution in [-0.4, -0.2) is 50.2 Å². The highest BCUT2D eigenvalue weighted by Gasteiger charge is 2.34. The predicted octanol–water partition coefficient (Wildman–Crippen LogP) is 2.06. The Hall–Kier alpha value is -3.06. The minimum Gasteiger partial charge on any atom is -0.497 e. The van der Waals surface area contributed by atoms with Crippen molar-refractivity contribution in [2.75, 3.05) is 27.4 Å². The van der Waals surface area contributed by atoms with Crippen molar-refractivity contribution in [1.82, 2.24) is 10.2 Å². The Kier molecular flexibility index (Phi) is 6.72. The van der Waals surface area contributed by atoms with Crippen LogP contribution in [0, 0.1) is 6.92 Å². The lowest BCUT2D eigenvalue weighted by Crippen LogP contribution is -2.55. The SMILES string of the molecule is COc1ccc(CNC(=O)[C@@H]2COCC(=O)N2Cc2ccc(C)cc2)c(OC)c1. The van der Waals surface area contributed by atoms with Gasteiger partial charge in [-0.2, -0.15) is 0 Å². The van der Waals surface area contributed by atoms with Crippen LogP contribution in [0.15, 0.2) is 42.5 Å². The van der Waals surface area contributed by atoms with Crippen molar-refractivity contribution in [3.8, 4) is 11.5 Å². The first-order valence-corrected chi connectivity index (χ1v) is 9.43. The molecule has 1 N–H and O–H groups in total. The molecular formula is C22H26N2O5. The molecule has 3 rings (SSSR count). The van der Waals surface area contributed by atoms with Crippen molar-refractivity contribution in [2.24, 2.45) is 0 Å². The molecule has 1 atom stereocenters. The van der Waals surface area contributed by atoms with E-state index < -0.39 is 6.04 Å². The maximum Gasteiger partial charge on any atom is 0.249 e. The number of methoxy groups -OCH3 is 2. The summed E-state index contributed by atoms with van der Waals surface area (Å²) in [5.74, 6) is 0.839. The van der Waals surface area contributed by atoms with E-state index in [1.165, 1.54) is 0 Å². The first-order chi connectivity index (χ1) is 14.0. The van der Waals surface area contributed by atoms with E-state index in [2.05, 4.69) is 5.32 Å². The molecular weight excluding hydrogens is 372 g/mol. The zero-order valence-electron chi connectivity index (χ0n) is 16.9. The Morgan fingerprint density at radius 1 is 1.17 bits per heavy atom. The average molecular weight is 398 g/mol. The second-order valence-corrected chi connectivity index (χ2v) is 6.93. The average Bonchev–Trinajstić information content (AvgIpc) is 2.74. The number of nitrogens with one attached hydrogen (secondary N) is 1. The molecule has 29 heavy (non-hydrogen) atoms. The summed E-state index contributed by atoms with van der Waals surface area (Å²) in [7, 11) is 3.15. The van der Waals surface area contributed by atoms with E-state index in [0.717, 1.165) is 16.7 Å². The third-order valence-corrected chi connectivity index (χ3v) is 4.92. The van der Waals surface area contributed by atoms with Gasteiger partial charge >= 0.3 is 0 Å². The molecule has 0 radical (unpaired) electrons. The predicted molar refractivity (Wildman–Crippen MR) is 108 cm³/mol. The van der Waals surface area contributed by atoms with Crippen molar-refractivity contribution < 1.29 is 23.8 Å². The van der Waals surface area contributed by atoms with Gasteiger partial charge in [0, 0.05) is 24.7 Å². The topological polar surface area (TPSA) is 77.1 Å². The highest BCUT2D eigenvalue weighted by atomic mass is 16.5. The van der Waals surface area contributed by atoms with Crippen LogP contribution in [0.1, 0.15) is 16.7 Å². The maximum atomic E-state index is 12.8. The molecule has 0 bridgehead atoms. The van der Waals surface area contributed by atoms with E-state index in [0.29, 0.717) is 18.0 Å². The molecule has 154 valence electrons. The summed E-state index contributed by atoms with van der Waals surface area (Å²) < 4.78 is 15.9. The second kappa shape index (κ2) is 9.43. The number of ether oxygens (including phenoxy) is 3. The van der Waals surface area contributed by atoms with Gasteiger partial charge in [0.25, 0.3) is 0 Å². The number of rotatable bonds is 7. The van der Waals surface area contributed by atoms with Gasteiger partial charge in [0.15, 0.2) is 0 Å². The van der Waals surface area contributed by atoms with Crippen LogP contribution in [0.4, 0.5) is 0 Å². The zero-order chi connectivity index (χ0) is 20.8.